The van der Waals surface area contributed by atoms with Gasteiger partial charge in [0.1, 0.15) is 11.4 Å². The highest BCUT2D eigenvalue weighted by Crippen LogP contribution is 2.38. The number of carbonyl (C=O) groups is 1. The van der Waals surface area contributed by atoms with E-state index in [1.54, 1.807) is 0 Å². The largest absolute Gasteiger partial charge is 0.543 e. The Bertz CT molecular complexity index is 771. The third-order valence-electron chi connectivity index (χ3n) is 5.43. The molecule has 0 spiro atoms. The first-order valence-electron chi connectivity index (χ1n) is 9.01. The number of nitrogens with zero attached hydrogens (tertiary/aromatic N) is 2. The molecular weight excluding hydrogens is 332 g/mol. The third kappa shape index (κ3) is 3.51. The van der Waals surface area contributed by atoms with Crippen LogP contribution in [0.5, 0.6) is 5.75 Å². The molecule has 1 fully saturated rings. The molecule has 1 atom stereocenters. The second-order valence-corrected chi connectivity index (χ2v) is 13.0. The zero-order valence-electron chi connectivity index (χ0n) is 15.8. The predicted octanol–water partition coefficient (Wildman–Crippen LogP) is 4.93. The lowest BCUT2D eigenvalue weighted by Gasteiger charge is -2.36. The number of fused-ring (bicyclic) bond motifs is 1. The van der Waals surface area contributed by atoms with Gasteiger partial charge in [-0.25, -0.2) is 4.68 Å². The van der Waals surface area contributed by atoms with E-state index in [0.29, 0.717) is 5.69 Å². The van der Waals surface area contributed by atoms with Crippen molar-refractivity contribution in [3.63, 3.8) is 0 Å². The van der Waals surface area contributed by atoms with E-state index in [9.17, 15) is 4.79 Å². The first-order valence-corrected chi connectivity index (χ1v) is 11.9. The van der Waals surface area contributed by atoms with Crippen LogP contribution in [-0.2, 0) is 4.74 Å². The Morgan fingerprint density at radius 1 is 1.32 bits per heavy atom. The quantitative estimate of drug-likeness (QED) is 0.573. The lowest BCUT2D eigenvalue weighted by molar-refractivity contribution is -0.0367. The van der Waals surface area contributed by atoms with Crippen molar-refractivity contribution in [2.45, 2.75) is 64.4 Å². The Hall–Kier alpha value is -1.66. The van der Waals surface area contributed by atoms with Gasteiger partial charge in [0, 0.05) is 12.0 Å². The van der Waals surface area contributed by atoms with Crippen molar-refractivity contribution in [3.05, 3.63) is 23.9 Å². The Morgan fingerprint density at radius 3 is 2.68 bits per heavy atom. The summed E-state index contributed by atoms with van der Waals surface area (Å²) in [5, 5.41) is 5.45. The fraction of sp³-hybridized carbons (Fsp3) is 0.579. The van der Waals surface area contributed by atoms with Crippen LogP contribution in [0.3, 0.4) is 0 Å². The van der Waals surface area contributed by atoms with Crippen LogP contribution in [0.15, 0.2) is 18.2 Å². The molecule has 0 bridgehead atoms. The van der Waals surface area contributed by atoms with Crippen molar-refractivity contribution >= 4 is 25.5 Å². The van der Waals surface area contributed by atoms with Crippen molar-refractivity contribution in [1.82, 2.24) is 9.78 Å². The van der Waals surface area contributed by atoms with Crippen LogP contribution in [0, 0.1) is 0 Å². The van der Waals surface area contributed by atoms with Gasteiger partial charge in [0.15, 0.2) is 12.5 Å². The van der Waals surface area contributed by atoms with Crippen molar-refractivity contribution in [1.29, 1.82) is 0 Å². The van der Waals surface area contributed by atoms with Crippen LogP contribution in [0.1, 0.15) is 56.8 Å². The summed E-state index contributed by atoms with van der Waals surface area (Å²) >= 11 is 0. The summed E-state index contributed by atoms with van der Waals surface area (Å²) in [4.78, 5) is 11.5. The molecule has 3 rings (SSSR count). The van der Waals surface area contributed by atoms with Crippen LogP contribution in [0.2, 0.25) is 18.1 Å². The summed E-state index contributed by atoms with van der Waals surface area (Å²) in [6.45, 7) is 11.8. The predicted molar refractivity (Wildman–Crippen MR) is 102 cm³/mol. The minimum Gasteiger partial charge on any atom is -0.543 e. The molecule has 0 radical (unpaired) electrons. The summed E-state index contributed by atoms with van der Waals surface area (Å²) in [5.74, 6) is 0.811. The number of aromatic nitrogens is 2. The second-order valence-electron chi connectivity index (χ2n) is 8.31. The number of rotatable bonds is 4. The molecule has 0 unspecified atom stereocenters. The van der Waals surface area contributed by atoms with E-state index in [4.69, 9.17) is 9.16 Å². The molecule has 2 heterocycles. The second kappa shape index (κ2) is 6.57. The molecule has 1 aromatic carbocycles. The van der Waals surface area contributed by atoms with Gasteiger partial charge in [-0.3, -0.25) is 4.79 Å². The van der Waals surface area contributed by atoms with Gasteiger partial charge in [0.05, 0.1) is 5.52 Å². The van der Waals surface area contributed by atoms with Gasteiger partial charge in [-0.2, -0.15) is 5.10 Å². The molecular formula is C19H28N2O3Si. The first kappa shape index (κ1) is 18.1. The highest BCUT2D eigenvalue weighted by atomic mass is 28.4. The van der Waals surface area contributed by atoms with Gasteiger partial charge < -0.3 is 9.16 Å². The molecule has 0 amide bonds. The normalized spacial score (nSPS) is 19.2. The van der Waals surface area contributed by atoms with E-state index in [0.717, 1.165) is 48.8 Å². The summed E-state index contributed by atoms with van der Waals surface area (Å²) in [5.41, 5.74) is 1.38. The smallest absolute Gasteiger partial charge is 0.250 e. The maximum Gasteiger partial charge on any atom is 0.250 e. The average molecular weight is 361 g/mol. The molecule has 1 saturated heterocycles. The first-order chi connectivity index (χ1) is 11.7. The highest BCUT2D eigenvalue weighted by Gasteiger charge is 2.39. The maximum absolute atomic E-state index is 11.5. The van der Waals surface area contributed by atoms with Gasteiger partial charge in [0.25, 0.3) is 0 Å². The van der Waals surface area contributed by atoms with Crippen LogP contribution >= 0.6 is 0 Å². The topological polar surface area (TPSA) is 53.3 Å². The number of carbonyl (C=O) groups excluding carboxylic acids is 1. The number of ether oxygens (including phenoxy) is 1. The molecule has 1 aliphatic heterocycles. The van der Waals surface area contributed by atoms with Crippen molar-refractivity contribution in [3.8, 4) is 5.75 Å². The number of benzene rings is 1. The molecule has 1 aromatic heterocycles. The summed E-state index contributed by atoms with van der Waals surface area (Å²) in [7, 11) is -1.93. The maximum atomic E-state index is 11.5. The number of aldehydes is 1. The Morgan fingerprint density at radius 2 is 2.08 bits per heavy atom. The summed E-state index contributed by atoms with van der Waals surface area (Å²) < 4.78 is 14.1. The van der Waals surface area contributed by atoms with Gasteiger partial charge in [-0.15, -0.1) is 0 Å². The third-order valence-corrected chi connectivity index (χ3v) is 9.78. The SMILES string of the molecule is CC(C)(C)[Si](C)(C)Oc1ccc2c(c1)c(C=O)nn2[C@H]1CCCCO1. The van der Waals surface area contributed by atoms with Gasteiger partial charge >= 0.3 is 0 Å². The van der Waals surface area contributed by atoms with Crippen LogP contribution in [0.4, 0.5) is 0 Å². The number of hydrogen-bond donors (Lipinski definition) is 0. The minimum absolute atomic E-state index is 0.0860. The Kier molecular flexibility index (Phi) is 4.77. The minimum atomic E-state index is -1.93. The molecule has 1 aliphatic rings. The lowest BCUT2D eigenvalue weighted by atomic mass is 10.1. The highest BCUT2D eigenvalue weighted by molar-refractivity contribution is 6.74. The molecule has 25 heavy (non-hydrogen) atoms. The zero-order chi connectivity index (χ0) is 18.2. The fourth-order valence-electron chi connectivity index (χ4n) is 2.88. The molecule has 0 N–H and O–H groups in total. The van der Waals surface area contributed by atoms with Crippen molar-refractivity contribution in [2.75, 3.05) is 6.61 Å². The van der Waals surface area contributed by atoms with E-state index < -0.39 is 8.32 Å². The molecule has 136 valence electrons. The Balaban J connectivity index is 1.99. The van der Waals surface area contributed by atoms with E-state index in [1.807, 2.05) is 22.9 Å². The monoisotopic (exact) mass is 360 g/mol. The van der Waals surface area contributed by atoms with Crippen molar-refractivity contribution in [2.24, 2.45) is 0 Å². The van der Waals surface area contributed by atoms with E-state index in [2.05, 4.69) is 39.0 Å². The van der Waals surface area contributed by atoms with Crippen LogP contribution in [-0.4, -0.2) is 31.0 Å². The molecule has 2 aromatic rings. The molecule has 5 nitrogen and oxygen atoms in total. The summed E-state index contributed by atoms with van der Waals surface area (Å²) in [6, 6.07) is 5.93. The van der Waals surface area contributed by atoms with Crippen LogP contribution < -0.4 is 4.43 Å². The van der Waals surface area contributed by atoms with Crippen molar-refractivity contribution < 1.29 is 14.0 Å². The zero-order valence-corrected chi connectivity index (χ0v) is 16.8. The molecule has 6 heteroatoms. The number of hydrogen-bond acceptors (Lipinski definition) is 4. The lowest BCUT2D eigenvalue weighted by Crippen LogP contribution is -2.43. The van der Waals surface area contributed by atoms with Gasteiger partial charge in [-0.1, -0.05) is 20.8 Å². The Labute approximate surface area is 150 Å². The molecule has 0 saturated carbocycles. The van der Waals surface area contributed by atoms with Crippen LogP contribution in [0.25, 0.3) is 10.9 Å². The average Bonchev–Trinajstić information content (AvgIpc) is 2.92. The summed E-state index contributed by atoms with van der Waals surface area (Å²) in [6.07, 6.45) is 3.86. The standard InChI is InChI=1S/C19H28N2O3Si/c1-19(2,3)25(4,5)24-14-9-10-17-15(12-14)16(13-22)20-21(17)18-8-6-7-11-23-18/h9-10,12-13,18H,6-8,11H2,1-5H3/t18-/m1/s1. The van der Waals surface area contributed by atoms with E-state index in [1.165, 1.54) is 0 Å². The van der Waals surface area contributed by atoms with Gasteiger partial charge in [-0.05, 0) is 55.6 Å². The molecule has 0 aliphatic carbocycles. The van der Waals surface area contributed by atoms with Gasteiger partial charge in [0.2, 0.25) is 8.32 Å². The van der Waals surface area contributed by atoms with E-state index >= 15 is 0 Å². The van der Waals surface area contributed by atoms with E-state index in [-0.39, 0.29) is 11.3 Å². The fourth-order valence-corrected chi connectivity index (χ4v) is 3.90.